The summed E-state index contributed by atoms with van der Waals surface area (Å²) in [6, 6.07) is 35.3. The van der Waals surface area contributed by atoms with Crippen LogP contribution in [0, 0.1) is 0 Å². The van der Waals surface area contributed by atoms with E-state index in [1.807, 2.05) is 0 Å². The summed E-state index contributed by atoms with van der Waals surface area (Å²) in [5, 5.41) is 2.57. The van der Waals surface area contributed by atoms with Gasteiger partial charge < -0.3 is 0 Å². The molecule has 0 atom stereocenters. The summed E-state index contributed by atoms with van der Waals surface area (Å²) in [5.74, 6) is 0. The summed E-state index contributed by atoms with van der Waals surface area (Å²) >= 11 is 0.283. The molecule has 0 bridgehead atoms. The van der Waals surface area contributed by atoms with Gasteiger partial charge in [-0.05, 0) is 0 Å². The molecule has 0 nitrogen and oxygen atoms in total. The minimum atomic E-state index is 0.166. The van der Waals surface area contributed by atoms with E-state index in [-0.39, 0.29) is 20.4 Å². The molecule has 4 aromatic rings. The first kappa shape index (κ1) is 19.7. The average molecular weight is 441 g/mol. The van der Waals surface area contributed by atoms with Crippen LogP contribution in [-0.2, 0) is 5.41 Å². The fourth-order valence-electron chi connectivity index (χ4n) is 3.44. The molecule has 1 heteroatoms. The molecule has 0 saturated carbocycles. The summed E-state index contributed by atoms with van der Waals surface area (Å²) in [5.41, 5.74) is 5.42. The third kappa shape index (κ3) is 4.70. The Morgan fingerprint density at radius 2 is 1.28 bits per heavy atom. The van der Waals surface area contributed by atoms with E-state index in [4.69, 9.17) is 0 Å². The predicted octanol–water partition coefficient (Wildman–Crippen LogP) is 6.56. The molecular formula is C28H26Se. The number of hydrogen-bond donors (Lipinski definition) is 0. The maximum absolute atomic E-state index is 2.43. The Bertz CT molecular complexity index is 1130. The molecule has 0 saturated heterocycles. The van der Waals surface area contributed by atoms with Crippen LogP contribution in [-0.4, -0.2) is 15.0 Å². The Morgan fingerprint density at radius 1 is 0.655 bits per heavy atom. The van der Waals surface area contributed by atoms with Gasteiger partial charge in [0.1, 0.15) is 0 Å². The van der Waals surface area contributed by atoms with Crippen LogP contribution in [0.3, 0.4) is 0 Å². The van der Waals surface area contributed by atoms with Crippen molar-refractivity contribution >= 4 is 35.8 Å². The SMILES string of the molecule is CC(C)(C)c1ccc(C(=C[Se]c2ccccc2)c2ccc3ccccc3c2)cc1. The maximum atomic E-state index is 2.43. The van der Waals surface area contributed by atoms with Gasteiger partial charge in [-0.2, -0.15) is 0 Å². The first-order valence-electron chi connectivity index (χ1n) is 10.0. The summed E-state index contributed by atoms with van der Waals surface area (Å²) in [6.45, 7) is 6.79. The van der Waals surface area contributed by atoms with Crippen molar-refractivity contribution in [2.24, 2.45) is 0 Å². The fraction of sp³-hybridized carbons (Fsp3) is 0.143. The zero-order valence-corrected chi connectivity index (χ0v) is 18.9. The van der Waals surface area contributed by atoms with Crippen molar-refractivity contribution in [1.82, 2.24) is 0 Å². The van der Waals surface area contributed by atoms with Gasteiger partial charge in [0.2, 0.25) is 0 Å². The molecular weight excluding hydrogens is 415 g/mol. The van der Waals surface area contributed by atoms with Crippen molar-refractivity contribution in [2.75, 3.05) is 0 Å². The molecule has 0 aliphatic rings. The first-order valence-corrected chi connectivity index (χ1v) is 11.9. The van der Waals surface area contributed by atoms with Gasteiger partial charge in [0, 0.05) is 0 Å². The number of benzene rings is 4. The topological polar surface area (TPSA) is 0 Å². The van der Waals surface area contributed by atoms with E-state index in [1.165, 1.54) is 37.5 Å². The molecule has 144 valence electrons. The van der Waals surface area contributed by atoms with Gasteiger partial charge in [-0.3, -0.25) is 0 Å². The van der Waals surface area contributed by atoms with Crippen molar-refractivity contribution in [1.29, 1.82) is 0 Å². The molecule has 4 aromatic carbocycles. The van der Waals surface area contributed by atoms with E-state index in [9.17, 15) is 0 Å². The molecule has 4 rings (SSSR count). The summed E-state index contributed by atoms with van der Waals surface area (Å²) in [4.78, 5) is 2.43. The van der Waals surface area contributed by atoms with Crippen molar-refractivity contribution in [3.05, 3.63) is 119 Å². The van der Waals surface area contributed by atoms with Crippen LogP contribution in [0.4, 0.5) is 0 Å². The number of fused-ring (bicyclic) bond motifs is 1. The molecule has 0 aliphatic carbocycles. The van der Waals surface area contributed by atoms with Gasteiger partial charge in [0.05, 0.1) is 0 Å². The van der Waals surface area contributed by atoms with Gasteiger partial charge >= 0.3 is 181 Å². The third-order valence-electron chi connectivity index (χ3n) is 5.18. The molecule has 0 fully saturated rings. The van der Waals surface area contributed by atoms with E-state index in [1.54, 1.807) is 0 Å². The van der Waals surface area contributed by atoms with E-state index >= 15 is 0 Å². The van der Waals surface area contributed by atoms with Gasteiger partial charge in [0.15, 0.2) is 0 Å². The molecule has 0 unspecified atom stereocenters. The zero-order valence-electron chi connectivity index (χ0n) is 17.2. The van der Waals surface area contributed by atoms with Gasteiger partial charge in [-0.1, -0.05) is 0 Å². The van der Waals surface area contributed by atoms with Crippen molar-refractivity contribution in [3.8, 4) is 0 Å². The van der Waals surface area contributed by atoms with Crippen LogP contribution in [0.2, 0.25) is 0 Å². The van der Waals surface area contributed by atoms with Gasteiger partial charge in [0.25, 0.3) is 0 Å². The Labute approximate surface area is 180 Å². The van der Waals surface area contributed by atoms with E-state index in [2.05, 4.69) is 123 Å². The van der Waals surface area contributed by atoms with Crippen molar-refractivity contribution in [2.45, 2.75) is 26.2 Å². The molecule has 0 aromatic heterocycles. The Kier molecular flexibility index (Phi) is 5.72. The Balaban J connectivity index is 1.77. The predicted molar refractivity (Wildman–Crippen MR) is 128 cm³/mol. The quantitative estimate of drug-likeness (QED) is 0.315. The zero-order chi connectivity index (χ0) is 20.3. The fourth-order valence-corrected chi connectivity index (χ4v) is 5.20. The molecule has 0 amide bonds. The molecule has 0 aliphatic heterocycles. The first-order chi connectivity index (χ1) is 14.0. The molecule has 0 spiro atoms. The summed E-state index contributed by atoms with van der Waals surface area (Å²) in [7, 11) is 0. The monoisotopic (exact) mass is 442 g/mol. The van der Waals surface area contributed by atoms with Gasteiger partial charge in [-0.15, -0.1) is 0 Å². The summed E-state index contributed by atoms with van der Waals surface area (Å²) < 4.78 is 1.39. The van der Waals surface area contributed by atoms with Crippen LogP contribution in [0.5, 0.6) is 0 Å². The van der Waals surface area contributed by atoms with Crippen LogP contribution >= 0.6 is 0 Å². The van der Waals surface area contributed by atoms with Crippen LogP contribution in [0.1, 0.15) is 37.5 Å². The van der Waals surface area contributed by atoms with E-state index in [0.717, 1.165) is 0 Å². The molecule has 29 heavy (non-hydrogen) atoms. The van der Waals surface area contributed by atoms with Crippen LogP contribution in [0.15, 0.2) is 102 Å². The normalized spacial score (nSPS) is 12.3. The second kappa shape index (κ2) is 8.41. The van der Waals surface area contributed by atoms with Crippen LogP contribution in [0.25, 0.3) is 16.3 Å². The number of rotatable bonds is 4. The minimum absolute atomic E-state index is 0.166. The third-order valence-corrected chi connectivity index (χ3v) is 7.06. The number of hydrogen-bond acceptors (Lipinski definition) is 0. The molecule has 0 radical (unpaired) electrons. The standard InChI is InChI=1S/C28H26Se/c1-28(2,3)25-17-15-22(16-18-25)27(20-29-26-11-5-4-6-12-26)24-14-13-21-9-7-8-10-23(21)19-24/h4-20H,1-3H3. The van der Waals surface area contributed by atoms with E-state index in [0.29, 0.717) is 0 Å². The average Bonchev–Trinajstić information content (AvgIpc) is 2.74. The summed E-state index contributed by atoms with van der Waals surface area (Å²) in [6.07, 6.45) is 0. The molecule has 0 N–H and O–H groups in total. The Hall–Kier alpha value is -2.60. The molecule has 0 heterocycles. The Morgan fingerprint density at radius 3 is 1.97 bits per heavy atom. The van der Waals surface area contributed by atoms with Crippen LogP contribution < -0.4 is 4.46 Å². The van der Waals surface area contributed by atoms with Gasteiger partial charge in [-0.25, -0.2) is 0 Å². The van der Waals surface area contributed by atoms with Crippen molar-refractivity contribution in [3.63, 3.8) is 0 Å². The second-order valence-corrected chi connectivity index (χ2v) is 10.3. The van der Waals surface area contributed by atoms with E-state index < -0.39 is 0 Å². The van der Waals surface area contributed by atoms with Crippen molar-refractivity contribution < 1.29 is 0 Å². The second-order valence-electron chi connectivity index (χ2n) is 8.35.